The Bertz CT molecular complexity index is 1080. The Morgan fingerprint density at radius 2 is 1.96 bits per heavy atom. The van der Waals surface area contributed by atoms with E-state index in [4.69, 9.17) is 4.74 Å². The summed E-state index contributed by atoms with van der Waals surface area (Å²) < 4.78 is 35.0. The van der Waals surface area contributed by atoms with E-state index in [1.54, 1.807) is 19.2 Å². The first kappa shape index (κ1) is 18.2. The first-order valence-corrected chi connectivity index (χ1v) is 9.53. The van der Waals surface area contributed by atoms with Crippen molar-refractivity contribution in [3.63, 3.8) is 0 Å². The van der Waals surface area contributed by atoms with E-state index >= 15 is 0 Å². The minimum atomic E-state index is -3.73. The monoisotopic (exact) mass is 372 g/mol. The molecule has 0 bridgehead atoms. The van der Waals surface area contributed by atoms with Crippen LogP contribution in [-0.4, -0.2) is 25.9 Å². The van der Waals surface area contributed by atoms with Crippen LogP contribution in [0, 0.1) is 0 Å². The molecule has 7 heteroatoms. The van der Waals surface area contributed by atoms with Gasteiger partial charge in [0.1, 0.15) is 5.75 Å². The maximum absolute atomic E-state index is 12.6. The lowest BCUT2D eigenvalue weighted by atomic mass is 10.1. The van der Waals surface area contributed by atoms with E-state index in [0.717, 1.165) is 16.5 Å². The van der Waals surface area contributed by atoms with Crippen molar-refractivity contribution in [2.24, 2.45) is 7.05 Å². The van der Waals surface area contributed by atoms with E-state index in [-0.39, 0.29) is 17.2 Å². The van der Waals surface area contributed by atoms with Gasteiger partial charge in [0.25, 0.3) is 0 Å². The molecular formula is C19H20N2O4S. The topological polar surface area (TPSA) is 77.4 Å². The second-order valence-electron chi connectivity index (χ2n) is 6.06. The predicted octanol–water partition coefficient (Wildman–Crippen LogP) is 2.87. The first-order chi connectivity index (χ1) is 12.3. The molecule has 0 saturated carbocycles. The van der Waals surface area contributed by atoms with Crippen LogP contribution in [-0.2, 0) is 23.6 Å². The average molecular weight is 372 g/mol. The number of methoxy groups -OCH3 is 1. The average Bonchev–Trinajstić information content (AvgIpc) is 2.95. The van der Waals surface area contributed by atoms with Gasteiger partial charge < -0.3 is 9.30 Å². The van der Waals surface area contributed by atoms with Gasteiger partial charge in [0.15, 0.2) is 5.78 Å². The van der Waals surface area contributed by atoms with E-state index in [9.17, 15) is 13.2 Å². The van der Waals surface area contributed by atoms with Gasteiger partial charge in [-0.05, 0) is 42.8 Å². The number of ketones is 1. The maximum atomic E-state index is 12.6. The summed E-state index contributed by atoms with van der Waals surface area (Å²) in [6.07, 6.45) is 1.89. The normalized spacial score (nSPS) is 11.7. The number of fused-ring (bicyclic) bond motifs is 1. The molecule has 0 saturated heterocycles. The highest BCUT2D eigenvalue weighted by Gasteiger charge is 2.17. The summed E-state index contributed by atoms with van der Waals surface area (Å²) >= 11 is 0. The number of Topliss-reactive ketones (excluding diaryl/α,β-unsaturated/α-hetero) is 1. The number of sulfonamides is 1. The highest BCUT2D eigenvalue weighted by molar-refractivity contribution is 7.89. The second-order valence-corrected chi connectivity index (χ2v) is 7.82. The van der Waals surface area contributed by atoms with E-state index in [1.165, 1.54) is 19.1 Å². The van der Waals surface area contributed by atoms with Crippen molar-refractivity contribution in [2.45, 2.75) is 18.4 Å². The second kappa shape index (κ2) is 6.93. The number of hydrogen-bond acceptors (Lipinski definition) is 4. The Morgan fingerprint density at radius 3 is 2.65 bits per heavy atom. The van der Waals surface area contributed by atoms with E-state index in [1.807, 2.05) is 36.0 Å². The number of benzene rings is 2. The zero-order chi connectivity index (χ0) is 18.9. The van der Waals surface area contributed by atoms with Gasteiger partial charge in [-0.3, -0.25) is 4.79 Å². The van der Waals surface area contributed by atoms with Crippen molar-refractivity contribution in [1.82, 2.24) is 9.29 Å². The van der Waals surface area contributed by atoms with Crippen LogP contribution in [0.2, 0.25) is 0 Å². The lowest BCUT2D eigenvalue weighted by Gasteiger charge is -2.08. The zero-order valence-corrected chi connectivity index (χ0v) is 15.6. The number of aromatic nitrogens is 1. The summed E-state index contributed by atoms with van der Waals surface area (Å²) in [5.41, 5.74) is 2.19. The number of hydrogen-bond donors (Lipinski definition) is 1. The van der Waals surface area contributed by atoms with Gasteiger partial charge in [-0.1, -0.05) is 12.1 Å². The van der Waals surface area contributed by atoms with Crippen molar-refractivity contribution in [3.05, 3.63) is 59.8 Å². The van der Waals surface area contributed by atoms with Crippen LogP contribution < -0.4 is 9.46 Å². The molecule has 0 aliphatic carbocycles. The highest BCUT2D eigenvalue weighted by Crippen LogP contribution is 2.25. The summed E-state index contributed by atoms with van der Waals surface area (Å²) in [5, 5.41) is 0.923. The van der Waals surface area contributed by atoms with Crippen molar-refractivity contribution < 1.29 is 17.9 Å². The summed E-state index contributed by atoms with van der Waals surface area (Å²) in [5.74, 6) is 0.533. The fourth-order valence-corrected chi connectivity index (χ4v) is 3.91. The quantitative estimate of drug-likeness (QED) is 0.675. The van der Waals surface area contributed by atoms with Gasteiger partial charge >= 0.3 is 0 Å². The molecule has 0 spiro atoms. The molecule has 2 aromatic carbocycles. The van der Waals surface area contributed by atoms with Crippen molar-refractivity contribution in [1.29, 1.82) is 0 Å². The fourth-order valence-electron chi connectivity index (χ4n) is 2.86. The van der Waals surface area contributed by atoms with Crippen molar-refractivity contribution in [2.75, 3.05) is 7.11 Å². The maximum Gasteiger partial charge on any atom is 0.240 e. The number of nitrogens with zero attached hydrogens (tertiary/aromatic N) is 1. The van der Waals surface area contributed by atoms with Gasteiger partial charge in [-0.2, -0.15) is 0 Å². The van der Waals surface area contributed by atoms with Gasteiger partial charge in [0, 0.05) is 36.3 Å². The minimum absolute atomic E-state index is 0.0722. The van der Waals surface area contributed by atoms with E-state index < -0.39 is 10.0 Å². The number of aryl methyl sites for hydroxylation is 1. The molecule has 3 rings (SSSR count). The zero-order valence-electron chi connectivity index (χ0n) is 14.8. The summed E-state index contributed by atoms with van der Waals surface area (Å²) in [7, 11) is -0.235. The molecule has 0 aliphatic heterocycles. The molecule has 1 N–H and O–H groups in total. The predicted molar refractivity (Wildman–Crippen MR) is 99.9 cm³/mol. The largest absolute Gasteiger partial charge is 0.497 e. The number of rotatable bonds is 6. The van der Waals surface area contributed by atoms with E-state index in [0.29, 0.717) is 11.3 Å². The molecule has 0 unspecified atom stereocenters. The summed E-state index contributed by atoms with van der Waals surface area (Å²) in [6, 6.07) is 11.7. The van der Waals surface area contributed by atoms with Crippen LogP contribution in [0.4, 0.5) is 0 Å². The lowest BCUT2D eigenvalue weighted by Crippen LogP contribution is -2.23. The Hall–Kier alpha value is -2.64. The molecule has 0 fully saturated rings. The molecule has 136 valence electrons. The van der Waals surface area contributed by atoms with Gasteiger partial charge in [-0.25, -0.2) is 13.1 Å². The standard InChI is InChI=1S/C19H20N2O4S/c1-13(22)14-5-4-6-17(9-14)26(23,24)20-11-15-12-21(2)19-8-7-16(25-3)10-18(15)19/h4-10,12,20H,11H2,1-3H3. The third-order valence-electron chi connectivity index (χ3n) is 4.28. The highest BCUT2D eigenvalue weighted by atomic mass is 32.2. The van der Waals surface area contributed by atoms with E-state index in [2.05, 4.69) is 4.72 Å². The molecule has 6 nitrogen and oxygen atoms in total. The van der Waals surface area contributed by atoms with Crippen LogP contribution in [0.3, 0.4) is 0 Å². The fraction of sp³-hybridized carbons (Fsp3) is 0.211. The van der Waals surface area contributed by atoms with Gasteiger partial charge in [-0.15, -0.1) is 0 Å². The SMILES string of the molecule is COc1ccc2c(c1)c(CNS(=O)(=O)c1cccc(C(C)=O)c1)cn2C. The first-order valence-electron chi connectivity index (χ1n) is 8.04. The van der Waals surface area contributed by atoms with Crippen LogP contribution in [0.1, 0.15) is 22.8 Å². The minimum Gasteiger partial charge on any atom is -0.497 e. The number of nitrogens with one attached hydrogen (secondary N) is 1. The Balaban J connectivity index is 1.89. The van der Waals surface area contributed by atoms with Crippen molar-refractivity contribution in [3.8, 4) is 5.75 Å². The molecule has 1 aromatic heterocycles. The van der Waals surface area contributed by atoms with Crippen LogP contribution in [0.5, 0.6) is 5.75 Å². The Morgan fingerprint density at radius 1 is 1.19 bits per heavy atom. The molecular weight excluding hydrogens is 352 g/mol. The number of carbonyl (C=O) groups excluding carboxylic acids is 1. The molecule has 0 amide bonds. The molecule has 0 radical (unpaired) electrons. The molecule has 0 atom stereocenters. The van der Waals surface area contributed by atoms with Crippen LogP contribution in [0.25, 0.3) is 10.9 Å². The lowest BCUT2D eigenvalue weighted by molar-refractivity contribution is 0.101. The molecule has 26 heavy (non-hydrogen) atoms. The van der Waals surface area contributed by atoms with Gasteiger partial charge in [0.05, 0.1) is 12.0 Å². The number of carbonyl (C=O) groups is 1. The third kappa shape index (κ3) is 3.49. The van der Waals surface area contributed by atoms with Gasteiger partial charge in [0.2, 0.25) is 10.0 Å². The summed E-state index contributed by atoms with van der Waals surface area (Å²) in [4.78, 5) is 11.6. The van der Waals surface area contributed by atoms with Crippen LogP contribution in [0.15, 0.2) is 53.6 Å². The Labute approximate surface area is 152 Å². The molecule has 0 aliphatic rings. The third-order valence-corrected chi connectivity index (χ3v) is 5.68. The molecule has 3 aromatic rings. The summed E-state index contributed by atoms with van der Waals surface area (Å²) in [6.45, 7) is 1.54. The smallest absolute Gasteiger partial charge is 0.240 e. The van der Waals surface area contributed by atoms with Crippen molar-refractivity contribution >= 4 is 26.7 Å². The molecule has 1 heterocycles. The Kier molecular flexibility index (Phi) is 4.84. The van der Waals surface area contributed by atoms with Crippen LogP contribution >= 0.6 is 0 Å². The number of ether oxygens (including phenoxy) is 1.